The monoisotopic (exact) mass is 862 g/mol. The zero-order chi connectivity index (χ0) is 44.5. The molecule has 1 aromatic rings. The van der Waals surface area contributed by atoms with Crippen LogP contribution in [0, 0.1) is 11.7 Å². The van der Waals surface area contributed by atoms with E-state index in [9.17, 15) is 46.4 Å². The number of nitrogens with zero attached hydrogens (tertiary/aromatic N) is 2. The van der Waals surface area contributed by atoms with Crippen LogP contribution >= 0.6 is 0 Å². The number of esters is 1. The van der Waals surface area contributed by atoms with Crippen molar-refractivity contribution in [2.75, 3.05) is 13.2 Å². The molecule has 0 spiro atoms. The highest BCUT2D eigenvalue weighted by molar-refractivity contribution is 7.91. The second-order valence-electron chi connectivity index (χ2n) is 17.1. The van der Waals surface area contributed by atoms with Crippen LogP contribution in [-0.4, -0.2) is 114 Å². The normalized spacial score (nSPS) is 22.6. The molecule has 5 rings (SSSR count). The molecule has 21 heteroatoms. The molecule has 2 heterocycles. The molecule has 4 N–H and O–H groups in total. The van der Waals surface area contributed by atoms with E-state index in [2.05, 4.69) is 29.1 Å². The number of carbonyl (C=O) groups excluding carboxylic acids is 7. The van der Waals surface area contributed by atoms with Crippen LogP contribution in [0.2, 0.25) is 0 Å². The first kappa shape index (κ1) is 45.4. The van der Waals surface area contributed by atoms with Gasteiger partial charge in [0.15, 0.2) is 0 Å². The van der Waals surface area contributed by atoms with Gasteiger partial charge in [-0.25, -0.2) is 32.0 Å². The van der Waals surface area contributed by atoms with E-state index in [0.29, 0.717) is 24.0 Å². The first-order chi connectivity index (χ1) is 27.8. The van der Waals surface area contributed by atoms with Crippen LogP contribution in [0.15, 0.2) is 43.1 Å². The van der Waals surface area contributed by atoms with Gasteiger partial charge < -0.3 is 34.5 Å². The van der Waals surface area contributed by atoms with Gasteiger partial charge in [-0.05, 0) is 72.4 Å². The van der Waals surface area contributed by atoms with Gasteiger partial charge in [0, 0.05) is 24.4 Å². The Morgan fingerprint density at radius 1 is 1.00 bits per heavy atom. The Morgan fingerprint density at radius 3 is 2.23 bits per heavy atom. The molecular weight excluding hydrogens is 812 g/mol. The van der Waals surface area contributed by atoms with E-state index in [0.717, 1.165) is 4.90 Å². The van der Waals surface area contributed by atoms with Crippen molar-refractivity contribution >= 4 is 52.0 Å². The maximum Gasteiger partial charge on any atom is 0.412 e. The summed E-state index contributed by atoms with van der Waals surface area (Å²) in [6.07, 6.45) is -2.45. The maximum absolute atomic E-state index is 14.5. The minimum absolute atomic E-state index is 0.0145. The Hall–Kier alpha value is -5.73. The quantitative estimate of drug-likeness (QED) is 0.0965. The van der Waals surface area contributed by atoms with E-state index in [4.69, 9.17) is 18.9 Å². The van der Waals surface area contributed by atoms with Crippen LogP contribution in [0.3, 0.4) is 0 Å². The number of rotatable bonds is 13. The van der Waals surface area contributed by atoms with Gasteiger partial charge in [-0.1, -0.05) is 24.8 Å². The summed E-state index contributed by atoms with van der Waals surface area (Å²) < 4.78 is 63.4. The number of sulfonamides is 1. The summed E-state index contributed by atoms with van der Waals surface area (Å²) in [6.45, 7) is 15.2. The SMILES string of the molecule is C=C[C@@H]1C[C@]1(NC(=O)[C@@H]1C[C@@H](OC(=O)N2Cc3cccc(F)c3C2)CN1C(=O)[C@H](COC(=O)C(=C)NC(=O)OC(C)(C)C)NC(=O)OC(C)(C)C)C(=O)NS(=O)(=O)C1CC1. The van der Waals surface area contributed by atoms with Crippen molar-refractivity contribution in [2.45, 2.75) is 120 Å². The number of amides is 6. The number of hydrogen-bond donors (Lipinski definition) is 4. The average molecular weight is 863 g/mol. The van der Waals surface area contributed by atoms with Crippen molar-refractivity contribution in [1.82, 2.24) is 30.5 Å². The lowest BCUT2D eigenvalue weighted by molar-refractivity contribution is -0.146. The summed E-state index contributed by atoms with van der Waals surface area (Å²) in [6, 6.07) is 1.15. The largest absolute Gasteiger partial charge is 0.458 e. The van der Waals surface area contributed by atoms with Crippen molar-refractivity contribution in [3.05, 3.63) is 60.1 Å². The number of carbonyl (C=O) groups is 7. The lowest BCUT2D eigenvalue weighted by Crippen LogP contribution is -2.59. The molecule has 0 unspecified atom stereocenters. The summed E-state index contributed by atoms with van der Waals surface area (Å²) in [4.78, 5) is 96.0. The molecule has 2 aliphatic carbocycles. The van der Waals surface area contributed by atoms with Gasteiger partial charge in [0.05, 0.1) is 18.3 Å². The van der Waals surface area contributed by atoms with E-state index in [1.54, 1.807) is 47.6 Å². The fourth-order valence-electron chi connectivity index (χ4n) is 6.67. The Labute approximate surface area is 346 Å². The summed E-state index contributed by atoms with van der Waals surface area (Å²) in [5.74, 6) is -5.37. The van der Waals surface area contributed by atoms with Crippen molar-refractivity contribution in [3.8, 4) is 0 Å². The number of ether oxygens (including phenoxy) is 4. The zero-order valence-electron chi connectivity index (χ0n) is 34.3. The zero-order valence-corrected chi connectivity index (χ0v) is 35.1. The lowest BCUT2D eigenvalue weighted by Gasteiger charge is -2.30. The highest BCUT2D eigenvalue weighted by atomic mass is 32.2. The Balaban J connectivity index is 1.39. The molecular formula is C39H51FN6O13S. The van der Waals surface area contributed by atoms with Crippen LogP contribution in [-0.2, 0) is 61.2 Å². The molecule has 0 radical (unpaired) electrons. The van der Waals surface area contributed by atoms with Crippen LogP contribution < -0.4 is 20.7 Å². The molecule has 328 valence electrons. The lowest BCUT2D eigenvalue weighted by atomic mass is 10.1. The fraction of sp³-hybridized carbons (Fsp3) is 0.564. The van der Waals surface area contributed by atoms with Crippen LogP contribution in [0.5, 0.6) is 0 Å². The fourth-order valence-corrected chi connectivity index (χ4v) is 8.03. The molecule has 2 aliphatic heterocycles. The molecule has 0 bridgehead atoms. The number of benzene rings is 1. The average Bonchev–Trinajstić information content (AvgIpc) is 4.02. The van der Waals surface area contributed by atoms with Crippen LogP contribution in [0.1, 0.15) is 78.4 Å². The predicted octanol–water partition coefficient (Wildman–Crippen LogP) is 2.39. The molecule has 1 aromatic carbocycles. The molecule has 0 aromatic heterocycles. The second kappa shape index (κ2) is 17.1. The van der Waals surface area contributed by atoms with E-state index in [1.165, 1.54) is 23.1 Å². The van der Waals surface area contributed by atoms with E-state index in [1.807, 2.05) is 4.72 Å². The first-order valence-corrected chi connectivity index (χ1v) is 20.8. The van der Waals surface area contributed by atoms with Crippen molar-refractivity contribution in [3.63, 3.8) is 0 Å². The van der Waals surface area contributed by atoms with Gasteiger partial charge in [0.25, 0.3) is 5.91 Å². The minimum atomic E-state index is -4.03. The summed E-state index contributed by atoms with van der Waals surface area (Å²) in [7, 11) is -4.03. The number of hydrogen-bond acceptors (Lipinski definition) is 13. The van der Waals surface area contributed by atoms with Crippen LogP contribution in [0.25, 0.3) is 0 Å². The number of halogens is 1. The molecule has 4 aliphatic rings. The van der Waals surface area contributed by atoms with Gasteiger partial charge in [-0.3, -0.25) is 29.3 Å². The van der Waals surface area contributed by atoms with Crippen molar-refractivity contribution in [1.29, 1.82) is 0 Å². The van der Waals surface area contributed by atoms with Crippen LogP contribution in [0.4, 0.5) is 18.8 Å². The van der Waals surface area contributed by atoms with Crippen molar-refractivity contribution < 1.29 is 65.3 Å². The Morgan fingerprint density at radius 2 is 1.65 bits per heavy atom. The third-order valence-corrected chi connectivity index (χ3v) is 11.6. The molecule has 6 amide bonds. The molecule has 1 saturated heterocycles. The number of fused-ring (bicyclic) bond motifs is 1. The maximum atomic E-state index is 14.5. The standard InChI is InChI=1S/C39H51FN6O13S/c1-9-23-16-39(23,33(50)44-60(54,55)25-13-14-25)43-30(47)29-15-24(57-36(53)45-17-22-11-10-12-27(40)26(22)19-45)18-46(29)31(48)28(42-35(52)59-38(6,7)8)20-56-32(49)21(2)41-34(51)58-37(3,4)5/h9-12,23-25,28-29H,1-2,13-20H2,3-8H3,(H,41,51)(H,42,52)(H,43,47)(H,44,50)/t23-,24-,28+,29+,39-/m1/s1. The number of alkyl carbamates (subject to hydrolysis) is 2. The van der Waals surface area contributed by atoms with Crippen molar-refractivity contribution in [2.24, 2.45) is 5.92 Å². The van der Waals surface area contributed by atoms with Gasteiger partial charge >= 0.3 is 24.2 Å². The van der Waals surface area contributed by atoms with E-state index < -0.39 is 123 Å². The predicted molar refractivity (Wildman–Crippen MR) is 208 cm³/mol. The topological polar surface area (TPSA) is 245 Å². The third-order valence-electron chi connectivity index (χ3n) is 9.82. The summed E-state index contributed by atoms with van der Waals surface area (Å²) in [5, 5.41) is 6.30. The van der Waals surface area contributed by atoms with Gasteiger partial charge in [0.2, 0.25) is 21.8 Å². The highest BCUT2D eigenvalue weighted by Crippen LogP contribution is 2.45. The number of nitrogens with one attached hydrogen (secondary N) is 4. The highest BCUT2D eigenvalue weighted by Gasteiger charge is 2.62. The van der Waals surface area contributed by atoms with Gasteiger partial charge in [-0.2, -0.15) is 0 Å². The minimum Gasteiger partial charge on any atom is -0.458 e. The molecule has 60 heavy (non-hydrogen) atoms. The molecule has 2 saturated carbocycles. The van der Waals surface area contributed by atoms with Gasteiger partial charge in [-0.15, -0.1) is 6.58 Å². The van der Waals surface area contributed by atoms with E-state index >= 15 is 0 Å². The first-order valence-electron chi connectivity index (χ1n) is 19.2. The molecule has 5 atom stereocenters. The number of likely N-dealkylation sites (tertiary alicyclic amines) is 1. The Kier molecular flexibility index (Phi) is 12.9. The molecule has 3 fully saturated rings. The molecule has 19 nitrogen and oxygen atoms in total. The smallest absolute Gasteiger partial charge is 0.412 e. The van der Waals surface area contributed by atoms with Gasteiger partial charge in [0.1, 0.15) is 53.0 Å². The summed E-state index contributed by atoms with van der Waals surface area (Å²) in [5.41, 5.74) is -3.43. The Bertz CT molecular complexity index is 2080. The summed E-state index contributed by atoms with van der Waals surface area (Å²) >= 11 is 0. The van der Waals surface area contributed by atoms with E-state index in [-0.39, 0.29) is 25.9 Å². The second-order valence-corrected chi connectivity index (χ2v) is 19.0. The third kappa shape index (κ3) is 11.1.